The number of phenolic OH excluding ortho intramolecular Hbond substituents is 1. The Balaban J connectivity index is 1.96. The predicted molar refractivity (Wildman–Crippen MR) is 81.9 cm³/mol. The van der Waals surface area contributed by atoms with Gasteiger partial charge in [0.25, 0.3) is 11.6 Å². The lowest BCUT2D eigenvalue weighted by Gasteiger charge is -2.09. The minimum absolute atomic E-state index is 0.0532. The number of nitrogens with zero attached hydrogens (tertiary/aromatic N) is 1. The van der Waals surface area contributed by atoms with Crippen molar-refractivity contribution in [3.8, 4) is 17.2 Å². The van der Waals surface area contributed by atoms with E-state index >= 15 is 0 Å². The van der Waals surface area contributed by atoms with Crippen molar-refractivity contribution in [2.45, 2.75) is 0 Å². The number of carbonyl (C=O) groups excluding carboxylic acids is 1. The highest BCUT2D eigenvalue weighted by atomic mass is 16.6. The van der Waals surface area contributed by atoms with Crippen LogP contribution in [0.15, 0.2) is 42.5 Å². The number of amides is 1. The van der Waals surface area contributed by atoms with E-state index in [4.69, 9.17) is 9.47 Å². The van der Waals surface area contributed by atoms with Gasteiger partial charge in [-0.15, -0.1) is 0 Å². The Labute approximate surface area is 131 Å². The van der Waals surface area contributed by atoms with Gasteiger partial charge in [-0.1, -0.05) is 0 Å². The fourth-order valence-electron chi connectivity index (χ4n) is 1.74. The maximum Gasteiger partial charge on any atom is 0.271 e. The topological polar surface area (TPSA) is 111 Å². The average molecular weight is 318 g/mol. The first kappa shape index (κ1) is 16.1. The molecule has 0 aromatic heterocycles. The van der Waals surface area contributed by atoms with Crippen molar-refractivity contribution in [2.24, 2.45) is 0 Å². The zero-order valence-corrected chi connectivity index (χ0v) is 12.2. The third kappa shape index (κ3) is 4.34. The Morgan fingerprint density at radius 1 is 1.22 bits per heavy atom. The quantitative estimate of drug-likeness (QED) is 0.480. The highest BCUT2D eigenvalue weighted by Gasteiger charge is 2.13. The molecule has 0 bridgehead atoms. The smallest absolute Gasteiger partial charge is 0.271 e. The third-order valence-corrected chi connectivity index (χ3v) is 2.89. The van der Waals surface area contributed by atoms with Crippen LogP contribution in [0, 0.1) is 10.1 Å². The highest BCUT2D eigenvalue weighted by Crippen LogP contribution is 2.27. The number of hydrogen-bond acceptors (Lipinski definition) is 6. The van der Waals surface area contributed by atoms with Crippen LogP contribution in [0.3, 0.4) is 0 Å². The number of hydrogen-bond donors (Lipinski definition) is 2. The van der Waals surface area contributed by atoms with Gasteiger partial charge in [0.1, 0.15) is 17.2 Å². The Bertz CT molecular complexity index is 714. The molecule has 2 aromatic carbocycles. The molecule has 0 unspecified atom stereocenters. The maximum atomic E-state index is 11.8. The van der Waals surface area contributed by atoms with Crippen LogP contribution in [-0.4, -0.2) is 29.7 Å². The van der Waals surface area contributed by atoms with Crippen LogP contribution < -0.4 is 14.8 Å². The zero-order chi connectivity index (χ0) is 16.8. The highest BCUT2D eigenvalue weighted by molar-refractivity contribution is 5.93. The predicted octanol–water partition coefficient (Wildman–Crippen LogP) is 2.33. The first-order valence-corrected chi connectivity index (χ1v) is 6.53. The molecule has 2 aromatic rings. The number of benzene rings is 2. The number of carbonyl (C=O) groups is 1. The van der Waals surface area contributed by atoms with Crippen molar-refractivity contribution in [3.05, 3.63) is 52.6 Å². The fourth-order valence-corrected chi connectivity index (χ4v) is 1.74. The van der Waals surface area contributed by atoms with E-state index in [0.29, 0.717) is 11.5 Å². The maximum absolute atomic E-state index is 11.8. The standard InChI is InChI=1S/C15H14N2O6/c1-22-11-3-5-12(6-4-11)23-9-15(19)16-13-8-10(17(20)21)2-7-14(13)18/h2-8,18H,9H2,1H3,(H,16,19). The number of nitrogens with one attached hydrogen (secondary N) is 1. The Morgan fingerprint density at radius 2 is 1.87 bits per heavy atom. The summed E-state index contributed by atoms with van der Waals surface area (Å²) in [5.41, 5.74) is -0.295. The minimum atomic E-state index is -0.622. The number of aromatic hydroxyl groups is 1. The lowest BCUT2D eigenvalue weighted by Crippen LogP contribution is -2.20. The summed E-state index contributed by atoms with van der Waals surface area (Å²) in [6.45, 7) is -0.311. The number of nitro groups is 1. The molecule has 1 amide bonds. The Kier molecular flexibility index (Phi) is 4.98. The van der Waals surface area contributed by atoms with Crippen molar-refractivity contribution < 1.29 is 24.3 Å². The minimum Gasteiger partial charge on any atom is -0.506 e. The van der Waals surface area contributed by atoms with Crippen LogP contribution in [0.25, 0.3) is 0 Å². The van der Waals surface area contributed by atoms with E-state index in [9.17, 15) is 20.0 Å². The van der Waals surface area contributed by atoms with Gasteiger partial charge in [0.2, 0.25) is 0 Å². The number of nitro benzene ring substituents is 1. The molecule has 0 spiro atoms. The number of rotatable bonds is 6. The summed E-state index contributed by atoms with van der Waals surface area (Å²) in [7, 11) is 1.54. The summed E-state index contributed by atoms with van der Waals surface area (Å²) in [4.78, 5) is 21.9. The van der Waals surface area contributed by atoms with Gasteiger partial charge < -0.3 is 19.9 Å². The normalized spacial score (nSPS) is 9.96. The van der Waals surface area contributed by atoms with Crippen LogP contribution in [0.1, 0.15) is 0 Å². The molecule has 8 nitrogen and oxygen atoms in total. The molecule has 0 aliphatic carbocycles. The largest absolute Gasteiger partial charge is 0.506 e. The van der Waals surface area contributed by atoms with Crippen molar-refractivity contribution in [1.82, 2.24) is 0 Å². The van der Waals surface area contributed by atoms with Crippen molar-refractivity contribution in [2.75, 3.05) is 19.0 Å². The van der Waals surface area contributed by atoms with E-state index in [1.807, 2.05) is 0 Å². The van der Waals surface area contributed by atoms with Gasteiger partial charge in [-0.2, -0.15) is 0 Å². The molecule has 0 heterocycles. The second kappa shape index (κ2) is 7.12. The molecule has 120 valence electrons. The number of anilines is 1. The lowest BCUT2D eigenvalue weighted by atomic mass is 10.2. The monoisotopic (exact) mass is 318 g/mol. The Hall–Kier alpha value is -3.29. The molecule has 0 saturated carbocycles. The summed E-state index contributed by atoms with van der Waals surface area (Å²) in [6, 6.07) is 9.98. The summed E-state index contributed by atoms with van der Waals surface area (Å²) in [5.74, 6) is 0.289. The fraction of sp³-hybridized carbons (Fsp3) is 0.133. The van der Waals surface area contributed by atoms with E-state index in [0.717, 1.165) is 18.2 Å². The van der Waals surface area contributed by atoms with Gasteiger partial charge in [0, 0.05) is 12.1 Å². The van der Waals surface area contributed by atoms with Gasteiger partial charge in [-0.25, -0.2) is 0 Å². The van der Waals surface area contributed by atoms with Crippen molar-refractivity contribution in [1.29, 1.82) is 0 Å². The summed E-state index contributed by atoms with van der Waals surface area (Å²) < 4.78 is 10.3. The number of methoxy groups -OCH3 is 1. The molecule has 0 saturated heterocycles. The first-order chi connectivity index (χ1) is 11.0. The molecule has 0 aliphatic rings. The van der Waals surface area contributed by atoms with Gasteiger partial charge in [0.15, 0.2) is 6.61 Å². The van der Waals surface area contributed by atoms with Crippen LogP contribution in [-0.2, 0) is 4.79 Å². The van der Waals surface area contributed by atoms with E-state index in [1.54, 1.807) is 24.3 Å². The molecule has 0 atom stereocenters. The van der Waals surface area contributed by atoms with E-state index < -0.39 is 10.8 Å². The molecular weight excluding hydrogens is 304 g/mol. The van der Waals surface area contributed by atoms with Gasteiger partial charge in [0.05, 0.1) is 17.7 Å². The van der Waals surface area contributed by atoms with Gasteiger partial charge >= 0.3 is 0 Å². The molecule has 0 aliphatic heterocycles. The van der Waals surface area contributed by atoms with E-state index in [1.165, 1.54) is 7.11 Å². The summed E-state index contributed by atoms with van der Waals surface area (Å²) in [5, 5.41) is 22.7. The van der Waals surface area contributed by atoms with Crippen LogP contribution >= 0.6 is 0 Å². The van der Waals surface area contributed by atoms with Crippen molar-refractivity contribution in [3.63, 3.8) is 0 Å². The molecular formula is C15H14N2O6. The van der Waals surface area contributed by atoms with Crippen LogP contribution in [0.5, 0.6) is 17.2 Å². The summed E-state index contributed by atoms with van der Waals surface area (Å²) >= 11 is 0. The molecule has 0 fully saturated rings. The Morgan fingerprint density at radius 3 is 2.48 bits per heavy atom. The van der Waals surface area contributed by atoms with Crippen molar-refractivity contribution >= 4 is 17.3 Å². The molecule has 2 rings (SSSR count). The number of non-ortho nitro benzene ring substituents is 1. The molecule has 23 heavy (non-hydrogen) atoms. The molecule has 8 heteroatoms. The van der Waals surface area contributed by atoms with Gasteiger partial charge in [-0.3, -0.25) is 14.9 Å². The number of ether oxygens (including phenoxy) is 2. The second-order valence-corrected chi connectivity index (χ2v) is 4.47. The van der Waals surface area contributed by atoms with Gasteiger partial charge in [-0.05, 0) is 30.3 Å². The van der Waals surface area contributed by atoms with Crippen LogP contribution in [0.2, 0.25) is 0 Å². The van der Waals surface area contributed by atoms with E-state index in [2.05, 4.69) is 5.32 Å². The van der Waals surface area contributed by atoms with Crippen LogP contribution in [0.4, 0.5) is 11.4 Å². The molecule has 0 radical (unpaired) electrons. The third-order valence-electron chi connectivity index (χ3n) is 2.89. The summed E-state index contributed by atoms with van der Waals surface area (Å²) in [6.07, 6.45) is 0. The number of phenols is 1. The molecule has 2 N–H and O–H groups in total. The average Bonchev–Trinajstić information content (AvgIpc) is 2.55. The lowest BCUT2D eigenvalue weighted by molar-refractivity contribution is -0.384. The second-order valence-electron chi connectivity index (χ2n) is 4.47. The SMILES string of the molecule is COc1ccc(OCC(=O)Nc2cc([N+](=O)[O-])ccc2O)cc1. The first-order valence-electron chi connectivity index (χ1n) is 6.53. The zero-order valence-electron chi connectivity index (χ0n) is 12.2. The van der Waals surface area contributed by atoms with E-state index in [-0.39, 0.29) is 23.7 Å².